The molecule has 0 saturated heterocycles. The summed E-state index contributed by atoms with van der Waals surface area (Å²) in [4.78, 5) is 27.2. The van der Waals surface area contributed by atoms with Crippen LogP contribution in [0.25, 0.3) is 10.9 Å². The Bertz CT molecular complexity index is 947. The van der Waals surface area contributed by atoms with Crippen molar-refractivity contribution < 1.29 is 19.4 Å². The number of para-hydroxylation sites is 1. The van der Waals surface area contributed by atoms with Crippen LogP contribution in [0.5, 0.6) is 5.75 Å². The number of ketones is 1. The van der Waals surface area contributed by atoms with Crippen molar-refractivity contribution in [1.82, 2.24) is 10.3 Å². The van der Waals surface area contributed by atoms with Crippen molar-refractivity contribution in [2.75, 3.05) is 13.2 Å². The molecule has 3 N–H and O–H groups in total. The Labute approximate surface area is 163 Å². The summed E-state index contributed by atoms with van der Waals surface area (Å²) in [5.41, 5.74) is 2.65. The van der Waals surface area contributed by atoms with Crippen LogP contribution in [0.3, 0.4) is 0 Å². The maximum absolute atomic E-state index is 12.4. The number of benzene rings is 2. The fourth-order valence-corrected chi connectivity index (χ4v) is 3.17. The molecular formula is C22H24N2O4. The number of fused-ring (bicyclic) bond motifs is 1. The number of hydrogen-bond acceptors (Lipinski definition) is 4. The molecule has 0 aliphatic rings. The van der Waals surface area contributed by atoms with Crippen LogP contribution >= 0.6 is 0 Å². The van der Waals surface area contributed by atoms with E-state index in [1.54, 1.807) is 24.3 Å². The number of aromatic amines is 1. The number of nitrogens with one attached hydrogen (secondary N) is 2. The molecule has 0 radical (unpaired) electrons. The quantitative estimate of drug-likeness (QED) is 0.469. The molecule has 3 rings (SSSR count). The molecule has 146 valence electrons. The highest BCUT2D eigenvalue weighted by atomic mass is 16.5. The van der Waals surface area contributed by atoms with Crippen LogP contribution in [-0.2, 0) is 11.2 Å². The van der Waals surface area contributed by atoms with Crippen molar-refractivity contribution in [3.05, 3.63) is 65.9 Å². The first kappa shape index (κ1) is 19.6. The van der Waals surface area contributed by atoms with Gasteiger partial charge in [0.2, 0.25) is 0 Å². The summed E-state index contributed by atoms with van der Waals surface area (Å²) in [5, 5.41) is 13.6. The number of carbonyl (C=O) groups excluding carboxylic acids is 1. The maximum Gasteiger partial charge on any atom is 0.321 e. The van der Waals surface area contributed by atoms with Gasteiger partial charge in [-0.1, -0.05) is 18.2 Å². The van der Waals surface area contributed by atoms with Gasteiger partial charge in [0.1, 0.15) is 11.8 Å². The van der Waals surface area contributed by atoms with Crippen LogP contribution in [0.15, 0.2) is 54.7 Å². The van der Waals surface area contributed by atoms with Crippen LogP contribution in [0.4, 0.5) is 0 Å². The van der Waals surface area contributed by atoms with Crippen molar-refractivity contribution in [2.45, 2.75) is 25.8 Å². The first-order valence-corrected chi connectivity index (χ1v) is 9.35. The molecule has 0 spiro atoms. The smallest absolute Gasteiger partial charge is 0.321 e. The Hall–Kier alpha value is -3.12. The molecule has 1 aromatic heterocycles. The third-order valence-corrected chi connectivity index (χ3v) is 4.63. The highest BCUT2D eigenvalue weighted by molar-refractivity contribution is 5.98. The molecule has 0 saturated carbocycles. The number of carboxylic acid groups (broad SMARTS) is 1. The largest absolute Gasteiger partial charge is 0.494 e. The van der Waals surface area contributed by atoms with Crippen molar-refractivity contribution in [3.63, 3.8) is 0 Å². The normalized spacial score (nSPS) is 12.0. The van der Waals surface area contributed by atoms with Gasteiger partial charge in [-0.3, -0.25) is 9.59 Å². The minimum Gasteiger partial charge on any atom is -0.494 e. The van der Waals surface area contributed by atoms with Crippen LogP contribution in [0, 0.1) is 0 Å². The van der Waals surface area contributed by atoms with Gasteiger partial charge in [-0.05, 0) is 49.2 Å². The van der Waals surface area contributed by atoms with Crippen LogP contribution in [0.1, 0.15) is 29.3 Å². The Morgan fingerprint density at radius 3 is 2.61 bits per heavy atom. The molecule has 0 fully saturated rings. The number of rotatable bonds is 10. The third kappa shape index (κ3) is 4.78. The Morgan fingerprint density at radius 1 is 1.14 bits per heavy atom. The monoisotopic (exact) mass is 380 g/mol. The lowest BCUT2D eigenvalue weighted by Crippen LogP contribution is -2.39. The molecule has 1 heterocycles. The van der Waals surface area contributed by atoms with Crippen LogP contribution in [-0.4, -0.2) is 41.0 Å². The van der Waals surface area contributed by atoms with Crippen molar-refractivity contribution >= 4 is 22.7 Å². The van der Waals surface area contributed by atoms with Gasteiger partial charge in [0.05, 0.1) is 6.61 Å². The molecule has 0 amide bonds. The molecule has 0 aliphatic carbocycles. The second kappa shape index (κ2) is 9.19. The van der Waals surface area contributed by atoms with E-state index in [2.05, 4.69) is 10.3 Å². The van der Waals surface area contributed by atoms with E-state index in [-0.39, 0.29) is 12.2 Å². The lowest BCUT2D eigenvalue weighted by molar-refractivity contribution is -0.139. The van der Waals surface area contributed by atoms with Gasteiger partial charge in [-0.15, -0.1) is 0 Å². The van der Waals surface area contributed by atoms with Gasteiger partial charge in [0.25, 0.3) is 0 Å². The molecule has 0 unspecified atom stereocenters. The maximum atomic E-state index is 12.4. The zero-order chi connectivity index (χ0) is 19.9. The molecule has 6 nitrogen and oxygen atoms in total. The lowest BCUT2D eigenvalue weighted by Gasteiger charge is -2.14. The van der Waals surface area contributed by atoms with Gasteiger partial charge >= 0.3 is 5.97 Å². The average molecular weight is 380 g/mol. The minimum atomic E-state index is -1.03. The second-order valence-electron chi connectivity index (χ2n) is 6.54. The summed E-state index contributed by atoms with van der Waals surface area (Å²) in [6.07, 6.45) is 2.51. The minimum absolute atomic E-state index is 0.100. The summed E-state index contributed by atoms with van der Waals surface area (Å²) in [6, 6.07) is 13.8. The summed E-state index contributed by atoms with van der Waals surface area (Å²) in [5.74, 6) is -0.557. The standard InChI is InChI=1S/C22H24N2O4/c1-2-28-17-9-7-15(8-10-17)21(25)13-20(22(26)27)23-12-11-16-14-24-19-6-4-3-5-18(16)19/h3-10,14,20,23-24H,2,11-13H2,1H3,(H,26,27)/t20-/m1/s1. The molecule has 2 aromatic carbocycles. The van der Waals surface area contributed by atoms with E-state index in [4.69, 9.17) is 4.74 Å². The lowest BCUT2D eigenvalue weighted by atomic mass is 10.0. The SMILES string of the molecule is CCOc1ccc(C(=O)C[C@@H](NCCc2c[nH]c3ccccc23)C(=O)O)cc1. The van der Waals surface area contributed by atoms with Gasteiger partial charge < -0.3 is 20.1 Å². The van der Waals surface area contributed by atoms with E-state index in [1.165, 1.54) is 0 Å². The fraction of sp³-hybridized carbons (Fsp3) is 0.273. The number of Topliss-reactive ketones (excluding diaryl/α,β-unsaturated/α-hetero) is 1. The Morgan fingerprint density at radius 2 is 1.89 bits per heavy atom. The van der Waals surface area contributed by atoms with Crippen molar-refractivity contribution in [1.29, 1.82) is 0 Å². The Kier molecular flexibility index (Phi) is 6.45. The molecular weight excluding hydrogens is 356 g/mol. The predicted molar refractivity (Wildman–Crippen MR) is 108 cm³/mol. The zero-order valence-electron chi connectivity index (χ0n) is 15.8. The molecule has 0 bridgehead atoms. The van der Waals surface area contributed by atoms with Crippen molar-refractivity contribution in [3.8, 4) is 5.75 Å². The summed E-state index contributed by atoms with van der Waals surface area (Å²) in [7, 11) is 0. The van der Waals surface area contributed by atoms with E-state index in [0.29, 0.717) is 30.9 Å². The number of aliphatic carboxylic acids is 1. The number of H-pyrrole nitrogens is 1. The van der Waals surface area contributed by atoms with Crippen LogP contribution in [0.2, 0.25) is 0 Å². The molecule has 6 heteroatoms. The highest BCUT2D eigenvalue weighted by Gasteiger charge is 2.21. The first-order chi connectivity index (χ1) is 13.6. The molecule has 0 aliphatic heterocycles. The zero-order valence-corrected chi connectivity index (χ0v) is 15.8. The van der Waals surface area contributed by atoms with Gasteiger partial charge in [0, 0.05) is 35.6 Å². The average Bonchev–Trinajstić information content (AvgIpc) is 3.11. The third-order valence-electron chi connectivity index (χ3n) is 4.63. The number of carboxylic acids is 1. The molecule has 3 aromatic rings. The fourth-order valence-electron chi connectivity index (χ4n) is 3.17. The van der Waals surface area contributed by atoms with E-state index >= 15 is 0 Å². The van der Waals surface area contributed by atoms with Crippen molar-refractivity contribution in [2.24, 2.45) is 0 Å². The molecule has 28 heavy (non-hydrogen) atoms. The van der Waals surface area contributed by atoms with E-state index < -0.39 is 12.0 Å². The number of hydrogen-bond donors (Lipinski definition) is 3. The number of aromatic nitrogens is 1. The van der Waals surface area contributed by atoms with E-state index in [0.717, 1.165) is 16.5 Å². The first-order valence-electron chi connectivity index (χ1n) is 9.35. The predicted octanol–water partition coefficient (Wildman–Crippen LogP) is 3.42. The number of ether oxygens (including phenoxy) is 1. The Balaban J connectivity index is 1.57. The summed E-state index contributed by atoms with van der Waals surface area (Å²) in [6.45, 7) is 2.91. The van der Waals surface area contributed by atoms with E-state index in [9.17, 15) is 14.7 Å². The van der Waals surface area contributed by atoms with Crippen LogP contribution < -0.4 is 10.1 Å². The topological polar surface area (TPSA) is 91.4 Å². The van der Waals surface area contributed by atoms with Gasteiger partial charge in [-0.25, -0.2) is 0 Å². The molecule has 1 atom stereocenters. The summed E-state index contributed by atoms with van der Waals surface area (Å²) >= 11 is 0. The number of carbonyl (C=O) groups is 2. The van der Waals surface area contributed by atoms with Gasteiger partial charge in [0.15, 0.2) is 5.78 Å². The van der Waals surface area contributed by atoms with Gasteiger partial charge in [-0.2, -0.15) is 0 Å². The highest BCUT2D eigenvalue weighted by Crippen LogP contribution is 2.18. The summed E-state index contributed by atoms with van der Waals surface area (Å²) < 4.78 is 5.36. The van der Waals surface area contributed by atoms with E-state index in [1.807, 2.05) is 37.4 Å². The second-order valence-corrected chi connectivity index (χ2v) is 6.54.